The fraction of sp³-hybridized carbons (Fsp3) is 0.368. The molecule has 1 aromatic carbocycles. The van der Waals surface area contributed by atoms with Gasteiger partial charge in [-0.25, -0.2) is 0 Å². The molecule has 0 N–H and O–H groups in total. The van der Waals surface area contributed by atoms with Crippen molar-refractivity contribution in [3.05, 3.63) is 50.7 Å². The Hall–Kier alpha value is -1.85. The lowest BCUT2D eigenvalue weighted by Crippen LogP contribution is -2.38. The van der Waals surface area contributed by atoms with Gasteiger partial charge in [0.2, 0.25) is 5.91 Å². The number of halogens is 1. The number of carbonyl (C=O) groups is 2. The van der Waals surface area contributed by atoms with Crippen LogP contribution in [0.5, 0.6) is 0 Å². The van der Waals surface area contributed by atoms with Crippen LogP contribution in [0.4, 0.5) is 5.69 Å². The van der Waals surface area contributed by atoms with E-state index in [4.69, 9.17) is 11.6 Å². The molecule has 1 atom stereocenters. The van der Waals surface area contributed by atoms with Crippen LogP contribution in [-0.4, -0.2) is 29.8 Å². The molecule has 0 saturated carbocycles. The van der Waals surface area contributed by atoms with Gasteiger partial charge in [0.15, 0.2) is 0 Å². The third-order valence-electron chi connectivity index (χ3n) is 5.10. The van der Waals surface area contributed by atoms with Crippen molar-refractivity contribution in [2.45, 2.75) is 32.2 Å². The van der Waals surface area contributed by atoms with E-state index >= 15 is 0 Å². The van der Waals surface area contributed by atoms with Crippen molar-refractivity contribution in [3.8, 4) is 0 Å². The van der Waals surface area contributed by atoms with E-state index in [0.717, 1.165) is 12.8 Å². The predicted molar refractivity (Wildman–Crippen MR) is 101 cm³/mol. The van der Waals surface area contributed by atoms with Crippen molar-refractivity contribution in [1.29, 1.82) is 0 Å². The number of carbonyl (C=O) groups excluding carboxylic acids is 2. The predicted octanol–water partition coefficient (Wildman–Crippen LogP) is 4.29. The first-order valence-corrected chi connectivity index (χ1v) is 9.79. The lowest BCUT2D eigenvalue weighted by atomic mass is 10.00. The van der Waals surface area contributed by atoms with Gasteiger partial charge in [-0.2, -0.15) is 0 Å². The van der Waals surface area contributed by atoms with Gasteiger partial charge < -0.3 is 9.80 Å². The topological polar surface area (TPSA) is 40.6 Å². The van der Waals surface area contributed by atoms with Crippen LogP contribution in [-0.2, 0) is 11.2 Å². The highest BCUT2D eigenvalue weighted by atomic mass is 35.5. The molecule has 0 aliphatic carbocycles. The zero-order valence-corrected chi connectivity index (χ0v) is 15.6. The standard InChI is InChI=1S/C19H19ClN2O2S/c1-12-14-7-10-25-17(14)6-9-21(12)19(24)13-4-5-15(20)16(11-13)22-8-2-3-18(22)23/h4-5,7,10-12H,2-3,6,8-9H2,1H3/t12-/m0/s1. The van der Waals surface area contributed by atoms with Crippen LogP contribution in [0, 0.1) is 0 Å². The first-order valence-electron chi connectivity index (χ1n) is 8.53. The summed E-state index contributed by atoms with van der Waals surface area (Å²) < 4.78 is 0. The number of fused-ring (bicyclic) bond motifs is 1. The van der Waals surface area contributed by atoms with Gasteiger partial charge in [-0.15, -0.1) is 11.3 Å². The molecule has 25 heavy (non-hydrogen) atoms. The number of anilines is 1. The summed E-state index contributed by atoms with van der Waals surface area (Å²) in [6, 6.07) is 7.42. The first kappa shape index (κ1) is 16.6. The highest BCUT2D eigenvalue weighted by Gasteiger charge is 2.30. The molecule has 3 heterocycles. The third kappa shape index (κ3) is 2.85. The summed E-state index contributed by atoms with van der Waals surface area (Å²) in [7, 11) is 0. The minimum atomic E-state index is -0.00564. The van der Waals surface area contributed by atoms with Gasteiger partial charge in [0, 0.05) is 30.0 Å². The van der Waals surface area contributed by atoms with Crippen molar-refractivity contribution in [2.24, 2.45) is 0 Å². The SMILES string of the molecule is C[C@H]1c2ccsc2CCN1C(=O)c1ccc(Cl)c(N2CCCC2=O)c1. The fourth-order valence-electron chi connectivity index (χ4n) is 3.71. The van der Waals surface area contributed by atoms with Crippen LogP contribution < -0.4 is 4.90 Å². The summed E-state index contributed by atoms with van der Waals surface area (Å²) in [5.74, 6) is 0.0645. The van der Waals surface area contributed by atoms with Gasteiger partial charge >= 0.3 is 0 Å². The second kappa shape index (κ2) is 6.46. The maximum atomic E-state index is 13.1. The van der Waals surface area contributed by atoms with Crippen molar-refractivity contribution >= 4 is 40.4 Å². The Morgan fingerprint density at radius 2 is 2.08 bits per heavy atom. The van der Waals surface area contributed by atoms with E-state index in [2.05, 4.69) is 18.4 Å². The minimum absolute atomic E-state index is 0.00564. The molecule has 1 fully saturated rings. The molecule has 130 valence electrons. The zero-order valence-electron chi connectivity index (χ0n) is 14.0. The summed E-state index contributed by atoms with van der Waals surface area (Å²) >= 11 is 8.06. The first-order chi connectivity index (χ1) is 12.1. The number of amides is 2. The normalized spacial score (nSPS) is 20.1. The highest BCUT2D eigenvalue weighted by molar-refractivity contribution is 7.10. The van der Waals surface area contributed by atoms with E-state index in [1.165, 1.54) is 10.4 Å². The van der Waals surface area contributed by atoms with Gasteiger partial charge in [0.05, 0.1) is 16.8 Å². The summed E-state index contributed by atoms with van der Waals surface area (Å²) in [6.45, 7) is 3.45. The fourth-order valence-corrected chi connectivity index (χ4v) is 4.89. The molecule has 2 aromatic rings. The van der Waals surface area contributed by atoms with Crippen molar-refractivity contribution in [1.82, 2.24) is 4.90 Å². The monoisotopic (exact) mass is 374 g/mol. The molecule has 4 rings (SSSR count). The van der Waals surface area contributed by atoms with Gasteiger partial charge in [-0.1, -0.05) is 11.6 Å². The number of nitrogens with zero attached hydrogens (tertiary/aromatic N) is 2. The molecule has 2 amide bonds. The minimum Gasteiger partial charge on any atom is -0.331 e. The molecule has 0 radical (unpaired) electrons. The van der Waals surface area contributed by atoms with Crippen molar-refractivity contribution in [2.75, 3.05) is 18.0 Å². The average Bonchev–Trinajstić information content (AvgIpc) is 3.24. The van der Waals surface area contributed by atoms with Crippen LogP contribution in [0.15, 0.2) is 29.6 Å². The van der Waals surface area contributed by atoms with Crippen molar-refractivity contribution in [3.63, 3.8) is 0 Å². The van der Waals surface area contributed by atoms with Crippen molar-refractivity contribution < 1.29 is 9.59 Å². The summed E-state index contributed by atoms with van der Waals surface area (Å²) in [4.78, 5) is 30.1. The molecule has 0 spiro atoms. The Morgan fingerprint density at radius 3 is 2.84 bits per heavy atom. The van der Waals surface area contributed by atoms with E-state index < -0.39 is 0 Å². The summed E-state index contributed by atoms with van der Waals surface area (Å²) in [5.41, 5.74) is 2.48. The number of hydrogen-bond acceptors (Lipinski definition) is 3. The number of hydrogen-bond donors (Lipinski definition) is 0. The lowest BCUT2D eigenvalue weighted by Gasteiger charge is -2.34. The van der Waals surface area contributed by atoms with E-state index in [1.54, 1.807) is 34.4 Å². The van der Waals surface area contributed by atoms with Gasteiger partial charge in [0.25, 0.3) is 5.91 Å². The van der Waals surface area contributed by atoms with E-state index in [9.17, 15) is 9.59 Å². The molecule has 1 saturated heterocycles. The van der Waals surface area contributed by atoms with E-state index in [1.807, 2.05) is 4.90 Å². The lowest BCUT2D eigenvalue weighted by molar-refractivity contribution is -0.117. The molecule has 0 unspecified atom stereocenters. The Labute approximate surface area is 156 Å². The van der Waals surface area contributed by atoms with E-state index in [-0.39, 0.29) is 17.9 Å². The van der Waals surface area contributed by atoms with Crippen LogP contribution >= 0.6 is 22.9 Å². The molecule has 1 aromatic heterocycles. The van der Waals surface area contributed by atoms with E-state index in [0.29, 0.717) is 35.8 Å². The quantitative estimate of drug-likeness (QED) is 0.786. The summed E-state index contributed by atoms with van der Waals surface area (Å²) in [6.07, 6.45) is 2.27. The Balaban J connectivity index is 1.64. The Bertz CT molecular complexity index is 848. The second-order valence-corrected chi connectivity index (χ2v) is 7.95. The van der Waals surface area contributed by atoms with Crippen LogP contribution in [0.2, 0.25) is 5.02 Å². The maximum Gasteiger partial charge on any atom is 0.254 e. The van der Waals surface area contributed by atoms with Crippen LogP contribution in [0.3, 0.4) is 0 Å². The molecule has 6 heteroatoms. The molecule has 0 bridgehead atoms. The smallest absolute Gasteiger partial charge is 0.254 e. The third-order valence-corrected chi connectivity index (χ3v) is 6.41. The van der Waals surface area contributed by atoms with Gasteiger partial charge in [-0.3, -0.25) is 9.59 Å². The van der Waals surface area contributed by atoms with Gasteiger partial charge in [0.1, 0.15) is 0 Å². The van der Waals surface area contributed by atoms with Gasteiger partial charge in [-0.05, 0) is 55.0 Å². The molecule has 2 aliphatic rings. The Morgan fingerprint density at radius 1 is 1.24 bits per heavy atom. The summed E-state index contributed by atoms with van der Waals surface area (Å²) in [5, 5.41) is 2.60. The molecule has 2 aliphatic heterocycles. The largest absolute Gasteiger partial charge is 0.331 e. The number of thiophene rings is 1. The number of benzene rings is 1. The van der Waals surface area contributed by atoms with Crippen LogP contribution in [0.1, 0.15) is 46.6 Å². The molecule has 4 nitrogen and oxygen atoms in total. The highest BCUT2D eigenvalue weighted by Crippen LogP contribution is 2.35. The van der Waals surface area contributed by atoms with Crippen LogP contribution in [0.25, 0.3) is 0 Å². The average molecular weight is 375 g/mol. The molecular formula is C19H19ClN2O2S. The molecular weight excluding hydrogens is 356 g/mol. The maximum absolute atomic E-state index is 13.1. The number of rotatable bonds is 2. The zero-order chi connectivity index (χ0) is 17.6. The Kier molecular flexibility index (Phi) is 4.29. The second-order valence-electron chi connectivity index (χ2n) is 6.54.